The van der Waals surface area contributed by atoms with Crippen LogP contribution >= 0.6 is 0 Å². The van der Waals surface area contributed by atoms with Crippen molar-refractivity contribution in [3.63, 3.8) is 0 Å². The first kappa shape index (κ1) is 19.9. The zero-order valence-corrected chi connectivity index (χ0v) is 17.7. The number of nitrogens with one attached hydrogen (secondary N) is 2. The molecule has 156 valence electrons. The summed E-state index contributed by atoms with van der Waals surface area (Å²) in [6, 6.07) is 5.96. The Bertz CT molecular complexity index is 1310. The van der Waals surface area contributed by atoms with Gasteiger partial charge in [0.05, 0.1) is 12.0 Å². The molecule has 4 aromatic rings. The van der Waals surface area contributed by atoms with Gasteiger partial charge in [0.15, 0.2) is 0 Å². The maximum atomic E-state index is 12.8. The highest BCUT2D eigenvalue weighted by Crippen LogP contribution is 2.22. The van der Waals surface area contributed by atoms with Crippen molar-refractivity contribution in [2.45, 2.75) is 53.8 Å². The van der Waals surface area contributed by atoms with Gasteiger partial charge in [-0.05, 0) is 39.8 Å². The molecular formula is C22H26N6O2. The number of carbonyl (C=O) groups excluding carboxylic acids is 1. The number of fused-ring (bicyclic) bond motifs is 3. The predicted molar refractivity (Wildman–Crippen MR) is 116 cm³/mol. The smallest absolute Gasteiger partial charge is 0.277 e. The minimum atomic E-state index is -0.169. The zero-order valence-electron chi connectivity index (χ0n) is 17.7. The average molecular weight is 406 g/mol. The Morgan fingerprint density at radius 1 is 1.23 bits per heavy atom. The van der Waals surface area contributed by atoms with Crippen LogP contribution in [0.2, 0.25) is 0 Å². The van der Waals surface area contributed by atoms with E-state index < -0.39 is 0 Å². The first-order chi connectivity index (χ1) is 14.4. The Kier molecular flexibility index (Phi) is 5.15. The summed E-state index contributed by atoms with van der Waals surface area (Å²) in [7, 11) is 0. The molecule has 0 radical (unpaired) electrons. The minimum Gasteiger partial charge on any atom is -0.352 e. The monoisotopic (exact) mass is 406 g/mol. The van der Waals surface area contributed by atoms with Crippen molar-refractivity contribution < 1.29 is 4.79 Å². The number of H-pyrrole nitrogens is 1. The van der Waals surface area contributed by atoms with Gasteiger partial charge in [-0.25, -0.2) is 4.98 Å². The van der Waals surface area contributed by atoms with Gasteiger partial charge in [-0.15, -0.1) is 0 Å². The normalized spacial score (nSPS) is 11.5. The Labute approximate surface area is 173 Å². The lowest BCUT2D eigenvalue weighted by Crippen LogP contribution is -2.27. The number of hydrogen-bond acceptors (Lipinski definition) is 4. The molecule has 3 heterocycles. The molecule has 8 nitrogen and oxygen atoms in total. The Morgan fingerprint density at radius 3 is 2.77 bits per heavy atom. The maximum absolute atomic E-state index is 12.8. The molecule has 8 heteroatoms. The van der Waals surface area contributed by atoms with Crippen molar-refractivity contribution in [1.29, 1.82) is 0 Å². The van der Waals surface area contributed by atoms with Crippen LogP contribution < -0.4 is 10.9 Å². The molecule has 0 spiro atoms. The lowest BCUT2D eigenvalue weighted by atomic mass is 10.2. The lowest BCUT2D eigenvalue weighted by Gasteiger charge is -2.08. The molecular weight excluding hydrogens is 380 g/mol. The largest absolute Gasteiger partial charge is 0.352 e. The number of amides is 1. The molecule has 2 N–H and O–H groups in total. The number of aryl methyl sites for hydroxylation is 4. The van der Waals surface area contributed by atoms with Crippen LogP contribution in [0.3, 0.4) is 0 Å². The summed E-state index contributed by atoms with van der Waals surface area (Å²) < 4.78 is 3.41. The van der Waals surface area contributed by atoms with Gasteiger partial charge in [0.25, 0.3) is 5.56 Å². The summed E-state index contributed by atoms with van der Waals surface area (Å²) in [6.45, 7) is 9.51. The summed E-state index contributed by atoms with van der Waals surface area (Å²) in [5.41, 5.74) is 5.99. The van der Waals surface area contributed by atoms with E-state index in [0.29, 0.717) is 17.6 Å². The van der Waals surface area contributed by atoms with E-state index in [1.807, 2.05) is 50.6 Å². The molecule has 0 bridgehead atoms. The summed E-state index contributed by atoms with van der Waals surface area (Å²) in [5.74, 6) is -0.114. The highest BCUT2D eigenvalue weighted by Gasteiger charge is 2.14. The number of aromatic amines is 1. The standard InChI is InChI=1S/C22H26N6O2/c1-5-28-15(4)17(14(3)26-28)11-23-19(29)8-9-27-12-24-20-16-10-13(2)6-7-18(16)25-21(20)22(27)30/h6-7,10,12,25H,5,8-9,11H2,1-4H3,(H,23,29). The van der Waals surface area contributed by atoms with Crippen molar-refractivity contribution in [2.75, 3.05) is 0 Å². The number of carbonyl (C=O) groups is 1. The third kappa shape index (κ3) is 3.49. The van der Waals surface area contributed by atoms with Gasteiger partial charge in [-0.2, -0.15) is 5.10 Å². The van der Waals surface area contributed by atoms with E-state index in [2.05, 4.69) is 20.4 Å². The SMILES string of the molecule is CCn1nc(C)c(CNC(=O)CCn2cnc3c([nH]c4ccc(C)cc43)c2=O)c1C. The molecule has 0 fully saturated rings. The molecule has 0 aliphatic carbocycles. The average Bonchev–Trinajstić information content (AvgIpc) is 3.23. The number of benzene rings is 1. The van der Waals surface area contributed by atoms with Crippen molar-refractivity contribution in [2.24, 2.45) is 0 Å². The number of nitrogens with zero attached hydrogens (tertiary/aromatic N) is 4. The lowest BCUT2D eigenvalue weighted by molar-refractivity contribution is -0.121. The third-order valence-corrected chi connectivity index (χ3v) is 5.60. The molecule has 1 aromatic carbocycles. The summed E-state index contributed by atoms with van der Waals surface area (Å²) in [4.78, 5) is 32.8. The summed E-state index contributed by atoms with van der Waals surface area (Å²) >= 11 is 0. The van der Waals surface area contributed by atoms with Crippen molar-refractivity contribution >= 4 is 27.8 Å². The van der Waals surface area contributed by atoms with Gasteiger partial charge in [0.2, 0.25) is 5.91 Å². The van der Waals surface area contributed by atoms with Gasteiger partial charge in [0.1, 0.15) is 11.0 Å². The van der Waals surface area contributed by atoms with Crippen molar-refractivity contribution in [3.05, 3.63) is 57.4 Å². The molecule has 0 aliphatic heterocycles. The summed E-state index contributed by atoms with van der Waals surface area (Å²) in [5, 5.41) is 8.34. The highest BCUT2D eigenvalue weighted by atomic mass is 16.2. The van der Waals surface area contributed by atoms with E-state index in [0.717, 1.165) is 40.0 Å². The zero-order chi connectivity index (χ0) is 21.4. The van der Waals surface area contributed by atoms with Crippen molar-refractivity contribution in [1.82, 2.24) is 29.6 Å². The summed E-state index contributed by atoms with van der Waals surface area (Å²) in [6.07, 6.45) is 1.72. The predicted octanol–water partition coefficient (Wildman–Crippen LogP) is 2.73. The van der Waals surface area contributed by atoms with Crippen LogP contribution in [0.15, 0.2) is 29.3 Å². The first-order valence-electron chi connectivity index (χ1n) is 10.2. The third-order valence-electron chi connectivity index (χ3n) is 5.60. The number of aromatic nitrogens is 5. The van der Waals surface area contributed by atoms with Crippen LogP contribution in [0.5, 0.6) is 0 Å². The van der Waals surface area contributed by atoms with Crippen LogP contribution in [0, 0.1) is 20.8 Å². The molecule has 0 atom stereocenters. The van der Waals surface area contributed by atoms with Crippen LogP contribution in [0.25, 0.3) is 21.9 Å². The second kappa shape index (κ2) is 7.78. The molecule has 0 saturated carbocycles. The van der Waals surface area contributed by atoms with Crippen LogP contribution in [-0.4, -0.2) is 30.2 Å². The quantitative estimate of drug-likeness (QED) is 0.514. The van der Waals surface area contributed by atoms with E-state index in [-0.39, 0.29) is 24.4 Å². The minimum absolute atomic E-state index is 0.114. The molecule has 0 saturated heterocycles. The molecule has 0 unspecified atom stereocenters. The van der Waals surface area contributed by atoms with E-state index in [4.69, 9.17) is 0 Å². The second-order valence-electron chi connectivity index (χ2n) is 7.63. The Hall–Kier alpha value is -3.42. The molecule has 0 aliphatic rings. The van der Waals surface area contributed by atoms with Crippen LogP contribution in [0.1, 0.15) is 35.9 Å². The van der Waals surface area contributed by atoms with E-state index in [9.17, 15) is 9.59 Å². The molecule has 1 amide bonds. The fraction of sp³-hybridized carbons (Fsp3) is 0.364. The number of hydrogen-bond donors (Lipinski definition) is 2. The van der Waals surface area contributed by atoms with Gasteiger partial charge in [-0.1, -0.05) is 11.6 Å². The van der Waals surface area contributed by atoms with Crippen molar-refractivity contribution in [3.8, 4) is 0 Å². The Balaban J connectivity index is 1.46. The van der Waals surface area contributed by atoms with Gasteiger partial charge < -0.3 is 10.3 Å². The maximum Gasteiger partial charge on any atom is 0.277 e. The number of rotatable bonds is 6. The Morgan fingerprint density at radius 2 is 2.03 bits per heavy atom. The second-order valence-corrected chi connectivity index (χ2v) is 7.63. The fourth-order valence-corrected chi connectivity index (χ4v) is 3.86. The highest BCUT2D eigenvalue weighted by molar-refractivity contribution is 6.04. The van der Waals surface area contributed by atoms with Crippen LogP contribution in [0.4, 0.5) is 0 Å². The van der Waals surface area contributed by atoms with Gasteiger partial charge >= 0.3 is 0 Å². The molecule has 30 heavy (non-hydrogen) atoms. The van der Waals surface area contributed by atoms with E-state index in [1.54, 1.807) is 0 Å². The van der Waals surface area contributed by atoms with Gasteiger partial charge in [-0.3, -0.25) is 18.8 Å². The molecule has 4 rings (SSSR count). The topological polar surface area (TPSA) is 97.6 Å². The van der Waals surface area contributed by atoms with E-state index in [1.165, 1.54) is 10.9 Å². The molecule has 3 aromatic heterocycles. The first-order valence-corrected chi connectivity index (χ1v) is 10.2. The van der Waals surface area contributed by atoms with E-state index >= 15 is 0 Å². The fourth-order valence-electron chi connectivity index (χ4n) is 3.86. The van der Waals surface area contributed by atoms with Crippen LogP contribution in [-0.2, 0) is 24.4 Å². The van der Waals surface area contributed by atoms with Gasteiger partial charge in [0, 0.05) is 48.2 Å².